The first-order valence-corrected chi connectivity index (χ1v) is 6.36. The minimum Gasteiger partial charge on any atom is -0.454 e. The van der Waals surface area contributed by atoms with E-state index in [9.17, 15) is 4.39 Å². The Kier molecular flexibility index (Phi) is 4.71. The zero-order valence-corrected chi connectivity index (χ0v) is 11.2. The molecule has 2 rings (SSSR count). The van der Waals surface area contributed by atoms with Crippen molar-refractivity contribution in [2.75, 3.05) is 6.54 Å². The number of halogens is 2. The van der Waals surface area contributed by atoms with E-state index in [2.05, 4.69) is 10.3 Å². The molecule has 0 radical (unpaired) electrons. The lowest BCUT2D eigenvalue weighted by atomic mass is 10.3. The molecule has 1 aromatic carbocycles. The molecule has 100 valence electrons. The molecule has 0 unspecified atom stereocenters. The molecule has 1 aromatic heterocycles. The number of hydrogen-bond acceptors (Lipinski definition) is 3. The van der Waals surface area contributed by atoms with Gasteiger partial charge in [0.25, 0.3) is 0 Å². The van der Waals surface area contributed by atoms with Crippen LogP contribution in [-0.4, -0.2) is 11.5 Å². The van der Waals surface area contributed by atoms with Crippen LogP contribution in [0.2, 0.25) is 5.02 Å². The molecule has 1 N–H and O–H groups in total. The van der Waals surface area contributed by atoms with Gasteiger partial charge in [0.15, 0.2) is 11.6 Å². The molecule has 0 amide bonds. The van der Waals surface area contributed by atoms with Crippen molar-refractivity contribution < 1.29 is 9.13 Å². The standard InChI is InChI=1S/C14H14ClFN2O/c1-2-17-9-10-8-11(6-7-18-10)19-13-5-3-4-12(15)14(13)16/h3-8,17H,2,9H2,1H3. The molecule has 19 heavy (non-hydrogen) atoms. The number of hydrogen-bond donors (Lipinski definition) is 1. The predicted molar refractivity (Wildman–Crippen MR) is 73.1 cm³/mol. The third kappa shape index (κ3) is 3.66. The first-order valence-electron chi connectivity index (χ1n) is 5.98. The SMILES string of the molecule is CCNCc1cc(Oc2cccc(Cl)c2F)ccn1. The molecule has 0 saturated heterocycles. The van der Waals surface area contributed by atoms with Crippen LogP contribution in [0.1, 0.15) is 12.6 Å². The zero-order chi connectivity index (χ0) is 13.7. The van der Waals surface area contributed by atoms with Crippen LogP contribution in [0.3, 0.4) is 0 Å². The minimum atomic E-state index is -0.561. The number of aromatic nitrogens is 1. The Morgan fingerprint density at radius 2 is 2.21 bits per heavy atom. The summed E-state index contributed by atoms with van der Waals surface area (Å²) < 4.78 is 19.2. The molecule has 0 bridgehead atoms. The van der Waals surface area contributed by atoms with Crippen LogP contribution in [0.15, 0.2) is 36.5 Å². The van der Waals surface area contributed by atoms with Crippen molar-refractivity contribution in [1.82, 2.24) is 10.3 Å². The van der Waals surface area contributed by atoms with Crippen LogP contribution in [-0.2, 0) is 6.54 Å². The fourth-order valence-electron chi connectivity index (χ4n) is 1.56. The average molecular weight is 281 g/mol. The van der Waals surface area contributed by atoms with Gasteiger partial charge in [0.2, 0.25) is 0 Å². The smallest absolute Gasteiger partial charge is 0.184 e. The highest BCUT2D eigenvalue weighted by atomic mass is 35.5. The molecule has 0 fully saturated rings. The van der Waals surface area contributed by atoms with Gasteiger partial charge in [-0.25, -0.2) is 4.39 Å². The van der Waals surface area contributed by atoms with Gasteiger partial charge in [-0.1, -0.05) is 24.6 Å². The van der Waals surface area contributed by atoms with Gasteiger partial charge in [0.05, 0.1) is 10.7 Å². The maximum atomic E-state index is 13.7. The number of nitrogens with zero attached hydrogens (tertiary/aromatic N) is 1. The Morgan fingerprint density at radius 3 is 3.00 bits per heavy atom. The Balaban J connectivity index is 2.16. The van der Waals surface area contributed by atoms with E-state index in [0.717, 1.165) is 12.2 Å². The van der Waals surface area contributed by atoms with E-state index < -0.39 is 5.82 Å². The molecule has 3 nitrogen and oxygen atoms in total. The van der Waals surface area contributed by atoms with Gasteiger partial charge >= 0.3 is 0 Å². The van der Waals surface area contributed by atoms with Gasteiger partial charge in [-0.2, -0.15) is 0 Å². The van der Waals surface area contributed by atoms with Crippen molar-refractivity contribution in [1.29, 1.82) is 0 Å². The third-order valence-corrected chi connectivity index (χ3v) is 2.78. The first-order chi connectivity index (χ1) is 9.20. The van der Waals surface area contributed by atoms with Gasteiger partial charge in [-0.05, 0) is 24.7 Å². The lowest BCUT2D eigenvalue weighted by Gasteiger charge is -2.08. The molecule has 0 aliphatic carbocycles. The summed E-state index contributed by atoms with van der Waals surface area (Å²) >= 11 is 5.70. The van der Waals surface area contributed by atoms with Crippen molar-refractivity contribution in [2.45, 2.75) is 13.5 Å². The summed E-state index contributed by atoms with van der Waals surface area (Å²) in [6, 6.07) is 8.10. The topological polar surface area (TPSA) is 34.1 Å². The van der Waals surface area contributed by atoms with Gasteiger partial charge in [-0.15, -0.1) is 0 Å². The molecule has 0 saturated carbocycles. The van der Waals surface area contributed by atoms with Gasteiger partial charge in [0.1, 0.15) is 5.75 Å². The van der Waals surface area contributed by atoms with Crippen LogP contribution in [0, 0.1) is 5.82 Å². The molecule has 0 spiro atoms. The Morgan fingerprint density at radius 1 is 1.37 bits per heavy atom. The number of pyridine rings is 1. The third-order valence-electron chi connectivity index (χ3n) is 2.49. The molecule has 5 heteroatoms. The summed E-state index contributed by atoms with van der Waals surface area (Å²) in [6.45, 7) is 3.52. The molecule has 0 aliphatic heterocycles. The fourth-order valence-corrected chi connectivity index (χ4v) is 1.72. The van der Waals surface area contributed by atoms with Crippen molar-refractivity contribution in [2.24, 2.45) is 0 Å². The monoisotopic (exact) mass is 280 g/mol. The predicted octanol–water partition coefficient (Wildman–Crippen LogP) is 3.78. The first kappa shape index (κ1) is 13.8. The summed E-state index contributed by atoms with van der Waals surface area (Å²) in [5.41, 5.74) is 0.835. The second-order valence-corrected chi connectivity index (χ2v) is 4.32. The highest BCUT2D eigenvalue weighted by Crippen LogP contribution is 2.28. The Hall–Kier alpha value is -1.65. The van der Waals surface area contributed by atoms with Crippen molar-refractivity contribution in [3.8, 4) is 11.5 Å². The second-order valence-electron chi connectivity index (χ2n) is 3.92. The minimum absolute atomic E-state index is 0.0411. The number of rotatable bonds is 5. The summed E-state index contributed by atoms with van der Waals surface area (Å²) in [6.07, 6.45) is 1.63. The lowest BCUT2D eigenvalue weighted by molar-refractivity contribution is 0.441. The quantitative estimate of drug-likeness (QED) is 0.905. The fraction of sp³-hybridized carbons (Fsp3) is 0.214. The number of benzene rings is 1. The van der Waals surface area contributed by atoms with E-state index in [-0.39, 0.29) is 10.8 Å². The molecule has 0 atom stereocenters. The molecule has 2 aromatic rings. The van der Waals surface area contributed by atoms with Crippen LogP contribution < -0.4 is 10.1 Å². The summed E-state index contributed by atoms with van der Waals surface area (Å²) in [5, 5.41) is 3.20. The van der Waals surface area contributed by atoms with E-state index >= 15 is 0 Å². The molecule has 0 aliphatic rings. The van der Waals surface area contributed by atoms with Crippen molar-refractivity contribution in [3.05, 3.63) is 53.1 Å². The molecular formula is C14H14ClFN2O. The molecule has 1 heterocycles. The van der Waals surface area contributed by atoms with Crippen LogP contribution in [0.4, 0.5) is 4.39 Å². The van der Waals surface area contributed by atoms with E-state index in [1.165, 1.54) is 12.1 Å². The maximum Gasteiger partial charge on any atom is 0.184 e. The Bertz CT molecular complexity index is 563. The van der Waals surface area contributed by atoms with Gasteiger partial charge in [-0.3, -0.25) is 4.98 Å². The van der Waals surface area contributed by atoms with Gasteiger partial charge < -0.3 is 10.1 Å². The van der Waals surface area contributed by atoms with Crippen LogP contribution in [0.5, 0.6) is 11.5 Å². The van der Waals surface area contributed by atoms with E-state index in [1.807, 2.05) is 6.92 Å². The number of ether oxygens (including phenoxy) is 1. The largest absolute Gasteiger partial charge is 0.454 e. The molecular weight excluding hydrogens is 267 g/mol. The van der Waals surface area contributed by atoms with Gasteiger partial charge in [0, 0.05) is 18.8 Å². The normalized spacial score (nSPS) is 10.5. The van der Waals surface area contributed by atoms with E-state index in [4.69, 9.17) is 16.3 Å². The average Bonchev–Trinajstić information content (AvgIpc) is 2.42. The van der Waals surface area contributed by atoms with Crippen molar-refractivity contribution in [3.63, 3.8) is 0 Å². The lowest BCUT2D eigenvalue weighted by Crippen LogP contribution is -2.12. The van der Waals surface area contributed by atoms with E-state index in [0.29, 0.717) is 12.3 Å². The second kappa shape index (κ2) is 6.50. The highest BCUT2D eigenvalue weighted by molar-refractivity contribution is 6.30. The van der Waals surface area contributed by atoms with Crippen LogP contribution in [0.25, 0.3) is 0 Å². The Labute approximate surface area is 116 Å². The highest BCUT2D eigenvalue weighted by Gasteiger charge is 2.08. The summed E-state index contributed by atoms with van der Waals surface area (Å²) in [5.74, 6) is 0.0754. The van der Waals surface area contributed by atoms with E-state index in [1.54, 1.807) is 24.4 Å². The summed E-state index contributed by atoms with van der Waals surface area (Å²) in [4.78, 5) is 4.20. The zero-order valence-electron chi connectivity index (χ0n) is 10.5. The maximum absolute atomic E-state index is 13.7. The number of nitrogens with one attached hydrogen (secondary N) is 1. The summed E-state index contributed by atoms with van der Waals surface area (Å²) in [7, 11) is 0. The van der Waals surface area contributed by atoms with Crippen LogP contribution >= 0.6 is 11.6 Å². The van der Waals surface area contributed by atoms with Crippen molar-refractivity contribution >= 4 is 11.6 Å².